The minimum Gasteiger partial charge on any atom is -0.496 e. The molecule has 19 heavy (non-hydrogen) atoms. The molecule has 2 aromatic rings. The first-order chi connectivity index (χ1) is 9.06. The zero-order valence-corrected chi connectivity index (χ0v) is 12.1. The molecule has 0 fully saturated rings. The quantitative estimate of drug-likeness (QED) is 0.907. The topological polar surface area (TPSA) is 47.3 Å². The summed E-state index contributed by atoms with van der Waals surface area (Å²) in [5, 5.41) is 2.89. The van der Waals surface area contributed by atoms with Crippen LogP contribution < -0.4 is 10.1 Å². The summed E-state index contributed by atoms with van der Waals surface area (Å²) in [7, 11) is 3.49. The summed E-state index contributed by atoms with van der Waals surface area (Å²) < 4.78 is 11.1. The van der Waals surface area contributed by atoms with Crippen LogP contribution in [0.4, 0.5) is 6.01 Å². The normalized spacial score (nSPS) is 10.8. The summed E-state index contributed by atoms with van der Waals surface area (Å²) in [6.45, 7) is 6.34. The van der Waals surface area contributed by atoms with Gasteiger partial charge < -0.3 is 14.5 Å². The van der Waals surface area contributed by atoms with Crippen molar-refractivity contribution in [2.75, 3.05) is 19.5 Å². The van der Waals surface area contributed by atoms with E-state index < -0.39 is 0 Å². The van der Waals surface area contributed by atoms with Gasteiger partial charge in [0.1, 0.15) is 5.75 Å². The molecule has 0 saturated heterocycles. The SMILES string of the molecule is CNc1ncc(-c2cc(C(C)C)c(OC)cc2C)o1. The number of anilines is 1. The third-order valence-corrected chi connectivity index (χ3v) is 3.18. The molecule has 1 aromatic heterocycles. The summed E-state index contributed by atoms with van der Waals surface area (Å²) in [4.78, 5) is 4.16. The number of nitrogens with one attached hydrogen (secondary N) is 1. The molecule has 2 rings (SSSR count). The molecule has 0 atom stereocenters. The van der Waals surface area contributed by atoms with E-state index in [0.717, 1.165) is 22.6 Å². The van der Waals surface area contributed by atoms with Gasteiger partial charge in [-0.1, -0.05) is 13.8 Å². The lowest BCUT2D eigenvalue weighted by Crippen LogP contribution is -1.96. The number of hydrogen-bond acceptors (Lipinski definition) is 4. The Balaban J connectivity index is 2.54. The van der Waals surface area contributed by atoms with Gasteiger partial charge >= 0.3 is 0 Å². The predicted molar refractivity (Wildman–Crippen MR) is 76.9 cm³/mol. The van der Waals surface area contributed by atoms with Crippen LogP contribution in [0.15, 0.2) is 22.7 Å². The standard InChI is InChI=1S/C15H20N2O2/c1-9(2)11-7-12(10(3)6-13(11)18-5)14-8-17-15(16-4)19-14/h6-9H,1-5H3,(H,16,17). The second kappa shape index (κ2) is 5.34. The van der Waals surface area contributed by atoms with Crippen molar-refractivity contribution in [1.82, 2.24) is 4.98 Å². The molecule has 0 aliphatic carbocycles. The van der Waals surface area contributed by atoms with E-state index in [1.807, 2.05) is 13.0 Å². The lowest BCUT2D eigenvalue weighted by molar-refractivity contribution is 0.407. The summed E-state index contributed by atoms with van der Waals surface area (Å²) in [5.74, 6) is 2.08. The van der Waals surface area contributed by atoms with Crippen LogP contribution in [0, 0.1) is 6.92 Å². The van der Waals surface area contributed by atoms with Gasteiger partial charge in [0, 0.05) is 12.6 Å². The van der Waals surface area contributed by atoms with Crippen molar-refractivity contribution in [2.45, 2.75) is 26.7 Å². The molecule has 0 amide bonds. The van der Waals surface area contributed by atoms with Gasteiger partial charge in [-0.2, -0.15) is 0 Å². The van der Waals surface area contributed by atoms with Crippen LogP contribution in [-0.2, 0) is 0 Å². The van der Waals surface area contributed by atoms with E-state index in [0.29, 0.717) is 11.9 Å². The van der Waals surface area contributed by atoms with Crippen LogP contribution in [0.25, 0.3) is 11.3 Å². The molecule has 1 heterocycles. The maximum atomic E-state index is 5.64. The van der Waals surface area contributed by atoms with Crippen molar-refractivity contribution in [2.24, 2.45) is 0 Å². The first-order valence-corrected chi connectivity index (χ1v) is 6.39. The lowest BCUT2D eigenvalue weighted by Gasteiger charge is -2.15. The van der Waals surface area contributed by atoms with E-state index in [-0.39, 0.29) is 0 Å². The van der Waals surface area contributed by atoms with Gasteiger partial charge in [0.25, 0.3) is 6.01 Å². The summed E-state index contributed by atoms with van der Waals surface area (Å²) in [6, 6.07) is 4.70. The molecule has 0 aliphatic heterocycles. The first-order valence-electron chi connectivity index (χ1n) is 6.39. The Morgan fingerprint density at radius 3 is 2.58 bits per heavy atom. The summed E-state index contributed by atoms with van der Waals surface area (Å²) in [6.07, 6.45) is 1.74. The highest BCUT2D eigenvalue weighted by Gasteiger charge is 2.14. The van der Waals surface area contributed by atoms with Crippen molar-refractivity contribution in [1.29, 1.82) is 0 Å². The molecule has 0 unspecified atom stereocenters. The van der Waals surface area contributed by atoms with E-state index >= 15 is 0 Å². The third-order valence-electron chi connectivity index (χ3n) is 3.18. The second-order valence-corrected chi connectivity index (χ2v) is 4.84. The average molecular weight is 260 g/mol. The van der Waals surface area contributed by atoms with Crippen molar-refractivity contribution in [3.05, 3.63) is 29.5 Å². The Morgan fingerprint density at radius 1 is 1.32 bits per heavy atom. The molecular formula is C15H20N2O2. The number of aromatic nitrogens is 1. The fourth-order valence-corrected chi connectivity index (χ4v) is 2.11. The Kier molecular flexibility index (Phi) is 3.79. The molecule has 0 aliphatic rings. The molecule has 0 radical (unpaired) electrons. The van der Waals surface area contributed by atoms with Gasteiger partial charge in [0.15, 0.2) is 5.76 Å². The van der Waals surface area contributed by atoms with Gasteiger partial charge in [-0.15, -0.1) is 0 Å². The highest BCUT2D eigenvalue weighted by molar-refractivity contribution is 5.65. The van der Waals surface area contributed by atoms with Crippen molar-refractivity contribution < 1.29 is 9.15 Å². The number of oxazole rings is 1. The number of hydrogen-bond donors (Lipinski definition) is 1. The molecule has 1 aromatic carbocycles. The Hall–Kier alpha value is -1.97. The number of benzene rings is 1. The third kappa shape index (κ3) is 2.57. The largest absolute Gasteiger partial charge is 0.496 e. The minimum atomic E-state index is 0.390. The number of ether oxygens (including phenoxy) is 1. The van der Waals surface area contributed by atoms with Gasteiger partial charge in [-0.3, -0.25) is 0 Å². The van der Waals surface area contributed by atoms with E-state index in [9.17, 15) is 0 Å². The van der Waals surface area contributed by atoms with Gasteiger partial charge in [-0.25, -0.2) is 4.98 Å². The fourth-order valence-electron chi connectivity index (χ4n) is 2.11. The molecular weight excluding hydrogens is 240 g/mol. The second-order valence-electron chi connectivity index (χ2n) is 4.84. The predicted octanol–water partition coefficient (Wildman–Crippen LogP) is 3.82. The first kappa shape index (κ1) is 13.5. The molecule has 4 heteroatoms. The Morgan fingerprint density at radius 2 is 2.05 bits per heavy atom. The van der Waals surface area contributed by atoms with E-state index in [1.165, 1.54) is 5.56 Å². The van der Waals surface area contributed by atoms with Crippen molar-refractivity contribution in [3.8, 4) is 17.1 Å². The van der Waals surface area contributed by atoms with E-state index in [1.54, 1.807) is 20.4 Å². The Bertz CT molecular complexity index is 574. The Labute approximate surface area is 113 Å². The molecule has 4 nitrogen and oxygen atoms in total. The van der Waals surface area contributed by atoms with Crippen molar-refractivity contribution >= 4 is 6.01 Å². The number of methoxy groups -OCH3 is 1. The zero-order chi connectivity index (χ0) is 14.0. The van der Waals surface area contributed by atoms with Crippen LogP contribution in [0.1, 0.15) is 30.9 Å². The number of rotatable bonds is 4. The maximum absolute atomic E-state index is 5.64. The monoisotopic (exact) mass is 260 g/mol. The average Bonchev–Trinajstić information content (AvgIpc) is 2.86. The van der Waals surface area contributed by atoms with Gasteiger partial charge in [0.2, 0.25) is 0 Å². The van der Waals surface area contributed by atoms with Crippen LogP contribution in [0.5, 0.6) is 5.75 Å². The van der Waals surface area contributed by atoms with E-state index in [2.05, 4.69) is 30.2 Å². The number of aryl methyl sites for hydroxylation is 1. The van der Waals surface area contributed by atoms with Gasteiger partial charge in [0.05, 0.1) is 13.3 Å². The smallest absolute Gasteiger partial charge is 0.294 e. The highest BCUT2D eigenvalue weighted by atomic mass is 16.5. The maximum Gasteiger partial charge on any atom is 0.294 e. The van der Waals surface area contributed by atoms with E-state index in [4.69, 9.17) is 9.15 Å². The van der Waals surface area contributed by atoms with Crippen LogP contribution in [0.2, 0.25) is 0 Å². The molecule has 0 spiro atoms. The summed E-state index contributed by atoms with van der Waals surface area (Å²) >= 11 is 0. The molecule has 0 bridgehead atoms. The highest BCUT2D eigenvalue weighted by Crippen LogP contribution is 2.35. The minimum absolute atomic E-state index is 0.390. The zero-order valence-electron chi connectivity index (χ0n) is 12.1. The van der Waals surface area contributed by atoms with Crippen LogP contribution in [-0.4, -0.2) is 19.1 Å². The fraction of sp³-hybridized carbons (Fsp3) is 0.400. The summed E-state index contributed by atoms with van der Waals surface area (Å²) in [5.41, 5.74) is 3.34. The van der Waals surface area contributed by atoms with Gasteiger partial charge in [-0.05, 0) is 36.1 Å². The number of nitrogens with zero attached hydrogens (tertiary/aromatic N) is 1. The molecule has 0 saturated carbocycles. The molecule has 102 valence electrons. The van der Waals surface area contributed by atoms with Crippen molar-refractivity contribution in [3.63, 3.8) is 0 Å². The molecule has 1 N–H and O–H groups in total. The lowest BCUT2D eigenvalue weighted by atomic mass is 9.95. The van der Waals surface area contributed by atoms with Crippen LogP contribution >= 0.6 is 0 Å². The van der Waals surface area contributed by atoms with Crippen LogP contribution in [0.3, 0.4) is 0 Å².